The maximum Gasteiger partial charge on any atom is 0.213 e. The van der Waals surface area contributed by atoms with Gasteiger partial charge in [-0.05, 0) is 30.2 Å². The Bertz CT molecular complexity index is 353. The summed E-state index contributed by atoms with van der Waals surface area (Å²) in [4.78, 5) is 0. The maximum atomic E-state index is 7.78. The number of nitrogens with one attached hydrogen (secondary N) is 1. The second-order valence-electron chi connectivity index (χ2n) is 3.67. The van der Waals surface area contributed by atoms with Gasteiger partial charge in [-0.1, -0.05) is 6.07 Å². The second-order valence-corrected chi connectivity index (χ2v) is 3.67. The summed E-state index contributed by atoms with van der Waals surface area (Å²) in [6.45, 7) is 3.39. The summed E-state index contributed by atoms with van der Waals surface area (Å²) in [7, 11) is 3.30. The normalized spacial score (nSPS) is 10.3. The van der Waals surface area contributed by atoms with E-state index in [0.29, 0.717) is 19.8 Å². The van der Waals surface area contributed by atoms with Crippen molar-refractivity contribution >= 4 is 5.90 Å². The molecule has 1 rings (SSSR count). The number of ether oxygens (including phenoxy) is 3. The number of hydrogen-bond donors (Lipinski definition) is 1. The van der Waals surface area contributed by atoms with Crippen LogP contribution >= 0.6 is 0 Å². The van der Waals surface area contributed by atoms with Crippen LogP contribution in [0.4, 0.5) is 0 Å². The molecule has 1 aromatic carbocycles. The molecule has 4 nitrogen and oxygen atoms in total. The molecular weight excluding hydrogens is 218 g/mol. The summed E-state index contributed by atoms with van der Waals surface area (Å²) < 4.78 is 15.4. The monoisotopic (exact) mass is 237 g/mol. The highest BCUT2D eigenvalue weighted by atomic mass is 16.5. The van der Waals surface area contributed by atoms with Crippen LogP contribution in [0.25, 0.3) is 0 Å². The van der Waals surface area contributed by atoms with Crippen molar-refractivity contribution in [3.05, 3.63) is 34.9 Å². The van der Waals surface area contributed by atoms with E-state index in [-0.39, 0.29) is 5.90 Å². The van der Waals surface area contributed by atoms with E-state index in [0.717, 1.165) is 16.7 Å². The molecule has 0 aromatic heterocycles. The molecule has 0 bridgehead atoms. The summed E-state index contributed by atoms with van der Waals surface area (Å²) >= 11 is 0. The lowest BCUT2D eigenvalue weighted by molar-refractivity contribution is 0.180. The minimum absolute atomic E-state index is 0.183. The van der Waals surface area contributed by atoms with Crippen molar-refractivity contribution in [1.29, 1.82) is 5.41 Å². The molecule has 0 aliphatic carbocycles. The van der Waals surface area contributed by atoms with Crippen LogP contribution in [0.3, 0.4) is 0 Å². The van der Waals surface area contributed by atoms with Gasteiger partial charge in [-0.25, -0.2) is 0 Å². The van der Waals surface area contributed by atoms with Crippen LogP contribution in [0.1, 0.15) is 23.6 Å². The van der Waals surface area contributed by atoms with Crippen molar-refractivity contribution in [2.45, 2.75) is 20.1 Å². The molecular formula is C13H19NO3. The first-order chi connectivity index (χ1) is 8.21. The molecule has 0 heterocycles. The Labute approximate surface area is 102 Å². The molecule has 0 amide bonds. The first-order valence-corrected chi connectivity index (χ1v) is 5.53. The lowest BCUT2D eigenvalue weighted by Gasteiger charge is -2.10. The lowest BCUT2D eigenvalue weighted by atomic mass is 10.1. The SMILES string of the molecule is CCOC(=N)c1cc(COC)cc(COC)c1. The quantitative estimate of drug-likeness (QED) is 0.610. The Balaban J connectivity index is 2.98. The molecule has 0 spiro atoms. The molecule has 0 saturated carbocycles. The van der Waals surface area contributed by atoms with Gasteiger partial charge in [0.25, 0.3) is 0 Å². The molecule has 0 fully saturated rings. The number of hydrogen-bond acceptors (Lipinski definition) is 4. The first-order valence-electron chi connectivity index (χ1n) is 5.53. The second kappa shape index (κ2) is 7.04. The zero-order chi connectivity index (χ0) is 12.7. The number of benzene rings is 1. The third kappa shape index (κ3) is 4.17. The number of methoxy groups -OCH3 is 2. The molecule has 0 aliphatic rings. The predicted molar refractivity (Wildman–Crippen MR) is 66.3 cm³/mol. The van der Waals surface area contributed by atoms with E-state index in [2.05, 4.69) is 0 Å². The summed E-state index contributed by atoms with van der Waals surface area (Å²) in [5, 5.41) is 7.78. The van der Waals surface area contributed by atoms with Crippen molar-refractivity contribution in [3.8, 4) is 0 Å². The smallest absolute Gasteiger partial charge is 0.213 e. The van der Waals surface area contributed by atoms with Crippen LogP contribution in [0.2, 0.25) is 0 Å². The van der Waals surface area contributed by atoms with Crippen molar-refractivity contribution in [2.24, 2.45) is 0 Å². The van der Waals surface area contributed by atoms with Gasteiger partial charge in [0.05, 0.1) is 19.8 Å². The molecule has 0 aliphatic heterocycles. The zero-order valence-electron chi connectivity index (χ0n) is 10.6. The molecule has 0 atom stereocenters. The van der Waals surface area contributed by atoms with Crippen molar-refractivity contribution in [1.82, 2.24) is 0 Å². The van der Waals surface area contributed by atoms with E-state index in [1.165, 1.54) is 0 Å². The van der Waals surface area contributed by atoms with Crippen molar-refractivity contribution < 1.29 is 14.2 Å². The average Bonchev–Trinajstić information content (AvgIpc) is 2.30. The summed E-state index contributed by atoms with van der Waals surface area (Å²) in [6.07, 6.45) is 0. The summed E-state index contributed by atoms with van der Waals surface area (Å²) in [5.74, 6) is 0.183. The standard InChI is InChI=1S/C13H19NO3/c1-4-17-13(14)12-6-10(8-15-2)5-11(7-12)9-16-3/h5-7,14H,4,8-9H2,1-3H3. The Morgan fingerprint density at radius 3 is 2.00 bits per heavy atom. The van der Waals surface area contributed by atoms with Gasteiger partial charge in [0, 0.05) is 19.8 Å². The van der Waals surface area contributed by atoms with Gasteiger partial charge in [-0.2, -0.15) is 0 Å². The van der Waals surface area contributed by atoms with E-state index in [9.17, 15) is 0 Å². The topological polar surface area (TPSA) is 51.5 Å². The largest absolute Gasteiger partial charge is 0.478 e. The zero-order valence-corrected chi connectivity index (χ0v) is 10.6. The summed E-state index contributed by atoms with van der Waals surface area (Å²) in [5.41, 5.74) is 2.79. The first kappa shape index (κ1) is 13.7. The molecule has 1 aromatic rings. The van der Waals surface area contributed by atoms with E-state index in [1.54, 1.807) is 14.2 Å². The Morgan fingerprint density at radius 1 is 1.06 bits per heavy atom. The maximum absolute atomic E-state index is 7.78. The van der Waals surface area contributed by atoms with E-state index >= 15 is 0 Å². The van der Waals surface area contributed by atoms with Gasteiger partial charge in [0.15, 0.2) is 0 Å². The van der Waals surface area contributed by atoms with Crippen LogP contribution < -0.4 is 0 Å². The fourth-order valence-electron chi connectivity index (χ4n) is 1.62. The molecule has 17 heavy (non-hydrogen) atoms. The minimum Gasteiger partial charge on any atom is -0.478 e. The molecule has 1 N–H and O–H groups in total. The van der Waals surface area contributed by atoms with Gasteiger partial charge < -0.3 is 14.2 Å². The minimum atomic E-state index is 0.183. The van der Waals surface area contributed by atoms with E-state index < -0.39 is 0 Å². The number of rotatable bonds is 6. The highest BCUT2D eigenvalue weighted by molar-refractivity contribution is 5.92. The Morgan fingerprint density at radius 2 is 1.59 bits per heavy atom. The van der Waals surface area contributed by atoms with Crippen LogP contribution in [-0.4, -0.2) is 26.7 Å². The van der Waals surface area contributed by atoms with Gasteiger partial charge in [-0.15, -0.1) is 0 Å². The van der Waals surface area contributed by atoms with Gasteiger partial charge in [-0.3, -0.25) is 5.41 Å². The Hall–Kier alpha value is -1.39. The fourth-order valence-corrected chi connectivity index (χ4v) is 1.62. The van der Waals surface area contributed by atoms with E-state index in [4.69, 9.17) is 19.6 Å². The van der Waals surface area contributed by atoms with Crippen LogP contribution in [-0.2, 0) is 27.4 Å². The van der Waals surface area contributed by atoms with E-state index in [1.807, 2.05) is 25.1 Å². The van der Waals surface area contributed by atoms with Gasteiger partial charge >= 0.3 is 0 Å². The van der Waals surface area contributed by atoms with Crippen molar-refractivity contribution in [3.63, 3.8) is 0 Å². The third-order valence-corrected chi connectivity index (χ3v) is 2.23. The molecule has 0 radical (unpaired) electrons. The van der Waals surface area contributed by atoms with Crippen LogP contribution in [0, 0.1) is 5.41 Å². The average molecular weight is 237 g/mol. The third-order valence-electron chi connectivity index (χ3n) is 2.23. The van der Waals surface area contributed by atoms with Crippen LogP contribution in [0.5, 0.6) is 0 Å². The highest BCUT2D eigenvalue weighted by Crippen LogP contribution is 2.13. The van der Waals surface area contributed by atoms with Crippen molar-refractivity contribution in [2.75, 3.05) is 20.8 Å². The lowest BCUT2D eigenvalue weighted by Crippen LogP contribution is -2.07. The van der Waals surface area contributed by atoms with Crippen LogP contribution in [0.15, 0.2) is 18.2 Å². The Kier molecular flexibility index (Phi) is 5.66. The predicted octanol–water partition coefficient (Wildman–Crippen LogP) is 2.34. The molecule has 0 unspecified atom stereocenters. The van der Waals surface area contributed by atoms with Gasteiger partial charge in [0.1, 0.15) is 0 Å². The summed E-state index contributed by atoms with van der Waals surface area (Å²) in [6, 6.07) is 5.82. The molecule has 0 saturated heterocycles. The fraction of sp³-hybridized carbons (Fsp3) is 0.462. The highest BCUT2D eigenvalue weighted by Gasteiger charge is 2.06. The van der Waals surface area contributed by atoms with Gasteiger partial charge in [0.2, 0.25) is 5.90 Å². The molecule has 94 valence electrons. The molecule has 4 heteroatoms.